The molecule has 1 N–H and O–H groups in total. The normalized spacial score (nSPS) is 11.0. The van der Waals surface area contributed by atoms with Gasteiger partial charge in [-0.25, -0.2) is 4.98 Å². The molecule has 0 aliphatic rings. The quantitative estimate of drug-likeness (QED) is 0.393. The maximum Gasteiger partial charge on any atom is 0.269 e. The van der Waals surface area contributed by atoms with E-state index in [2.05, 4.69) is 4.98 Å². The van der Waals surface area contributed by atoms with Crippen LogP contribution in [0.15, 0.2) is 60.0 Å². The van der Waals surface area contributed by atoms with E-state index in [0.717, 1.165) is 10.7 Å². The number of ether oxygens (including phenoxy) is 1. The number of rotatable bonds is 6. The Labute approximate surface area is 158 Å². The van der Waals surface area contributed by atoms with E-state index < -0.39 is 4.92 Å². The van der Waals surface area contributed by atoms with Crippen LogP contribution in [-0.4, -0.2) is 26.2 Å². The number of aromatic hydroxyl groups is 1. The number of hydrogen-bond acceptors (Lipinski definition) is 6. The van der Waals surface area contributed by atoms with Gasteiger partial charge < -0.3 is 14.4 Å². The first-order chi connectivity index (χ1) is 13.1. The molecular formula is C19H15N3O4S. The number of thiophene rings is 1. The standard InChI is InChI=1S/C19H15N3O4S/c23-16-4-1-3-15-18(16)21(19(20-15)17-5-2-12-27-17)10-11-26-14-8-6-13(7-9-14)22(24)25/h1-9,12,23H,10-11H2. The Bertz CT molecular complexity index is 1090. The molecule has 7 nitrogen and oxygen atoms in total. The molecule has 4 aromatic rings. The molecule has 136 valence electrons. The molecule has 0 radical (unpaired) electrons. The third-order valence-corrected chi connectivity index (χ3v) is 4.98. The lowest BCUT2D eigenvalue weighted by Crippen LogP contribution is -2.09. The number of non-ortho nitro benzene ring substituents is 1. The predicted molar refractivity (Wildman–Crippen MR) is 103 cm³/mol. The Morgan fingerprint density at radius 3 is 2.67 bits per heavy atom. The molecular weight excluding hydrogens is 366 g/mol. The summed E-state index contributed by atoms with van der Waals surface area (Å²) < 4.78 is 7.66. The van der Waals surface area contributed by atoms with Crippen molar-refractivity contribution in [2.24, 2.45) is 0 Å². The molecule has 2 aromatic carbocycles. The number of imidazole rings is 1. The van der Waals surface area contributed by atoms with E-state index in [1.54, 1.807) is 35.6 Å². The topological polar surface area (TPSA) is 90.4 Å². The van der Waals surface area contributed by atoms with Gasteiger partial charge in [-0.1, -0.05) is 12.1 Å². The monoisotopic (exact) mass is 381 g/mol. The molecule has 0 unspecified atom stereocenters. The summed E-state index contributed by atoms with van der Waals surface area (Å²) in [5.74, 6) is 1.49. The number of fused-ring (bicyclic) bond motifs is 1. The van der Waals surface area contributed by atoms with Crippen molar-refractivity contribution in [3.05, 3.63) is 70.1 Å². The Morgan fingerprint density at radius 2 is 1.96 bits per heavy atom. The van der Waals surface area contributed by atoms with Crippen LogP contribution in [0.5, 0.6) is 11.5 Å². The number of aromatic nitrogens is 2. The second-order valence-electron chi connectivity index (χ2n) is 5.81. The Hall–Kier alpha value is -3.39. The van der Waals surface area contributed by atoms with E-state index in [1.165, 1.54) is 12.1 Å². The number of nitrogens with zero attached hydrogens (tertiary/aromatic N) is 3. The van der Waals surface area contributed by atoms with Gasteiger partial charge in [0.25, 0.3) is 5.69 Å². The van der Waals surface area contributed by atoms with Gasteiger partial charge in [-0.05, 0) is 35.7 Å². The minimum absolute atomic E-state index is 0.0212. The Morgan fingerprint density at radius 1 is 1.15 bits per heavy atom. The molecule has 0 aliphatic carbocycles. The summed E-state index contributed by atoms with van der Waals surface area (Å²) in [4.78, 5) is 15.9. The summed E-state index contributed by atoms with van der Waals surface area (Å²) in [5.41, 5.74) is 1.40. The van der Waals surface area contributed by atoms with Gasteiger partial charge in [0.15, 0.2) is 5.82 Å². The molecule has 2 heterocycles. The smallest absolute Gasteiger partial charge is 0.269 e. The number of phenolic OH excluding ortho intramolecular Hbond substituents is 1. The molecule has 0 spiro atoms. The predicted octanol–water partition coefficient (Wildman–Crippen LogP) is 4.46. The van der Waals surface area contributed by atoms with Crippen LogP contribution in [0.1, 0.15) is 0 Å². The summed E-state index contributed by atoms with van der Waals surface area (Å²) in [6, 6.07) is 15.2. The molecule has 0 atom stereocenters. The average Bonchev–Trinajstić information content (AvgIpc) is 3.30. The lowest BCUT2D eigenvalue weighted by Gasteiger charge is -2.10. The molecule has 0 amide bonds. The van der Waals surface area contributed by atoms with E-state index in [0.29, 0.717) is 29.9 Å². The van der Waals surface area contributed by atoms with E-state index >= 15 is 0 Å². The van der Waals surface area contributed by atoms with Gasteiger partial charge in [-0.15, -0.1) is 11.3 Å². The lowest BCUT2D eigenvalue weighted by molar-refractivity contribution is -0.384. The molecule has 0 fully saturated rings. The summed E-state index contributed by atoms with van der Waals surface area (Å²) in [6.07, 6.45) is 0. The minimum atomic E-state index is -0.447. The summed E-state index contributed by atoms with van der Waals surface area (Å²) in [5, 5.41) is 23.0. The zero-order chi connectivity index (χ0) is 18.8. The number of benzene rings is 2. The van der Waals surface area contributed by atoms with Gasteiger partial charge in [0.2, 0.25) is 0 Å². The van der Waals surface area contributed by atoms with Gasteiger partial charge >= 0.3 is 0 Å². The molecule has 0 saturated carbocycles. The Balaban J connectivity index is 1.59. The van der Waals surface area contributed by atoms with Gasteiger partial charge in [0.1, 0.15) is 23.6 Å². The largest absolute Gasteiger partial charge is 0.506 e. The number of phenols is 1. The number of nitro benzene ring substituents is 1. The molecule has 0 aliphatic heterocycles. The number of hydrogen-bond donors (Lipinski definition) is 1. The highest BCUT2D eigenvalue weighted by Crippen LogP contribution is 2.32. The minimum Gasteiger partial charge on any atom is -0.506 e. The fourth-order valence-electron chi connectivity index (χ4n) is 2.90. The summed E-state index contributed by atoms with van der Waals surface area (Å²) in [6.45, 7) is 0.800. The highest BCUT2D eigenvalue weighted by Gasteiger charge is 2.16. The zero-order valence-corrected chi connectivity index (χ0v) is 14.9. The number of nitro groups is 1. The van der Waals surface area contributed by atoms with Crippen molar-refractivity contribution in [3.8, 4) is 22.2 Å². The molecule has 0 bridgehead atoms. The van der Waals surface area contributed by atoms with Crippen molar-refractivity contribution in [2.45, 2.75) is 6.54 Å². The van der Waals surface area contributed by atoms with Crippen LogP contribution in [0.2, 0.25) is 0 Å². The SMILES string of the molecule is O=[N+]([O-])c1ccc(OCCn2c(-c3cccs3)nc3cccc(O)c32)cc1. The average molecular weight is 381 g/mol. The highest BCUT2D eigenvalue weighted by atomic mass is 32.1. The first-order valence-electron chi connectivity index (χ1n) is 8.23. The molecule has 8 heteroatoms. The second-order valence-corrected chi connectivity index (χ2v) is 6.76. The van der Waals surface area contributed by atoms with E-state index in [-0.39, 0.29) is 11.4 Å². The van der Waals surface area contributed by atoms with Crippen molar-refractivity contribution < 1.29 is 14.8 Å². The van der Waals surface area contributed by atoms with Crippen molar-refractivity contribution in [1.82, 2.24) is 9.55 Å². The van der Waals surface area contributed by atoms with Crippen molar-refractivity contribution in [1.29, 1.82) is 0 Å². The van der Waals surface area contributed by atoms with E-state index in [9.17, 15) is 15.2 Å². The summed E-state index contributed by atoms with van der Waals surface area (Å²) in [7, 11) is 0. The molecule has 0 saturated heterocycles. The van der Waals surface area contributed by atoms with Crippen LogP contribution in [0, 0.1) is 10.1 Å². The fraction of sp³-hybridized carbons (Fsp3) is 0.105. The maximum absolute atomic E-state index is 10.7. The molecule has 4 rings (SSSR count). The third kappa shape index (κ3) is 3.34. The molecule has 2 aromatic heterocycles. The fourth-order valence-corrected chi connectivity index (χ4v) is 3.62. The maximum atomic E-state index is 10.7. The van der Waals surface area contributed by atoms with Crippen LogP contribution in [0.3, 0.4) is 0 Å². The van der Waals surface area contributed by atoms with Gasteiger partial charge in [0, 0.05) is 12.1 Å². The molecule has 27 heavy (non-hydrogen) atoms. The van der Waals surface area contributed by atoms with Gasteiger partial charge in [-0.2, -0.15) is 0 Å². The first-order valence-corrected chi connectivity index (χ1v) is 9.11. The van der Waals surface area contributed by atoms with Crippen LogP contribution in [0.25, 0.3) is 21.7 Å². The van der Waals surface area contributed by atoms with Crippen LogP contribution in [0.4, 0.5) is 5.69 Å². The van der Waals surface area contributed by atoms with Crippen LogP contribution in [-0.2, 0) is 6.54 Å². The van der Waals surface area contributed by atoms with Crippen molar-refractivity contribution >= 4 is 28.1 Å². The van der Waals surface area contributed by atoms with E-state index in [1.807, 2.05) is 28.1 Å². The van der Waals surface area contributed by atoms with E-state index in [4.69, 9.17) is 4.74 Å². The van der Waals surface area contributed by atoms with Crippen LogP contribution >= 0.6 is 11.3 Å². The Kier molecular flexibility index (Phi) is 4.47. The first kappa shape index (κ1) is 17.0. The highest BCUT2D eigenvalue weighted by molar-refractivity contribution is 7.13. The van der Waals surface area contributed by atoms with Gasteiger partial charge in [0.05, 0.1) is 21.9 Å². The van der Waals surface area contributed by atoms with Crippen molar-refractivity contribution in [3.63, 3.8) is 0 Å². The third-order valence-electron chi connectivity index (χ3n) is 4.12. The van der Waals surface area contributed by atoms with Crippen LogP contribution < -0.4 is 4.74 Å². The second kappa shape index (κ2) is 7.08. The summed E-state index contributed by atoms with van der Waals surface area (Å²) >= 11 is 1.58. The zero-order valence-electron chi connectivity index (χ0n) is 14.1. The van der Waals surface area contributed by atoms with Crippen molar-refractivity contribution in [2.75, 3.05) is 6.61 Å². The van der Waals surface area contributed by atoms with Gasteiger partial charge in [-0.3, -0.25) is 10.1 Å². The number of para-hydroxylation sites is 1. The lowest BCUT2D eigenvalue weighted by atomic mass is 10.3.